The molecule has 4 nitrogen and oxygen atoms in total. The van der Waals surface area contributed by atoms with Gasteiger partial charge >= 0.3 is 0 Å². The maximum absolute atomic E-state index is 9.81. The molecule has 5 heteroatoms. The van der Waals surface area contributed by atoms with Crippen LogP contribution in [0, 0.1) is 0 Å². The summed E-state index contributed by atoms with van der Waals surface area (Å²) in [5, 5.41) is 0. The van der Waals surface area contributed by atoms with E-state index in [0.717, 1.165) is 6.42 Å². The van der Waals surface area contributed by atoms with Gasteiger partial charge in [0.1, 0.15) is 6.73 Å². The van der Waals surface area contributed by atoms with Gasteiger partial charge in [-0.1, -0.05) is 6.92 Å². The van der Waals surface area contributed by atoms with E-state index < -0.39 is 10.9 Å². The van der Waals surface area contributed by atoms with Crippen LogP contribution in [0.15, 0.2) is 0 Å². The van der Waals surface area contributed by atoms with E-state index in [1.807, 2.05) is 6.92 Å². The normalized spacial score (nSPS) is 10.4. The van der Waals surface area contributed by atoms with Crippen LogP contribution in [0.4, 0.5) is 0 Å². The highest BCUT2D eigenvalue weighted by Gasteiger charge is 1.83. The van der Waals surface area contributed by atoms with Crippen molar-refractivity contribution in [1.29, 1.82) is 0 Å². The molecular formula is C4H11NO3S. The number of rotatable bonds is 5. The Balaban J connectivity index is 2.92. The van der Waals surface area contributed by atoms with E-state index in [0.29, 0.717) is 6.61 Å². The van der Waals surface area contributed by atoms with Crippen LogP contribution >= 0.6 is 0 Å². The van der Waals surface area contributed by atoms with E-state index in [9.17, 15) is 8.42 Å². The second-order valence-electron chi connectivity index (χ2n) is 1.47. The first-order valence-electron chi connectivity index (χ1n) is 2.73. The van der Waals surface area contributed by atoms with Gasteiger partial charge in [0.05, 0.1) is 0 Å². The molecule has 0 radical (unpaired) electrons. The van der Waals surface area contributed by atoms with Gasteiger partial charge in [-0.05, 0) is 6.42 Å². The topological polar surface area (TPSA) is 55.4 Å². The Morgan fingerprint density at radius 2 is 2.22 bits per heavy atom. The molecule has 0 rings (SSSR count). The van der Waals surface area contributed by atoms with Crippen molar-refractivity contribution in [3.8, 4) is 0 Å². The molecule has 0 aromatic heterocycles. The average Bonchev–Trinajstić information content (AvgIpc) is 1.80. The Morgan fingerprint density at radius 3 is 2.67 bits per heavy atom. The van der Waals surface area contributed by atoms with E-state index in [-0.39, 0.29) is 6.73 Å². The van der Waals surface area contributed by atoms with Gasteiger partial charge in [-0.15, -0.1) is 0 Å². The van der Waals surface area contributed by atoms with Crippen molar-refractivity contribution >= 4 is 10.9 Å². The van der Waals surface area contributed by atoms with Crippen molar-refractivity contribution in [3.63, 3.8) is 0 Å². The molecule has 0 aromatic rings. The number of hydrogen-bond acceptors (Lipinski definition) is 3. The molecule has 0 aliphatic heterocycles. The molecule has 0 atom stereocenters. The molecule has 0 unspecified atom stereocenters. The maximum Gasteiger partial charge on any atom is 0.203 e. The summed E-state index contributed by atoms with van der Waals surface area (Å²) in [6, 6.07) is 0. The third-order valence-corrected chi connectivity index (χ3v) is 1.03. The SMILES string of the molecule is CCCOCN[SH](=O)=O. The standard InChI is InChI=1S/C4H11NO3S/c1-2-3-8-4-5-9(6)7/h9H,2-4H2,1H3,(H,5,6,7). The lowest BCUT2D eigenvalue weighted by Crippen LogP contribution is -2.15. The first-order valence-corrected chi connectivity index (χ1v) is 3.90. The summed E-state index contributed by atoms with van der Waals surface area (Å²) in [6.45, 7) is 2.64. The van der Waals surface area contributed by atoms with Gasteiger partial charge in [0.2, 0.25) is 10.9 Å². The van der Waals surface area contributed by atoms with Gasteiger partial charge in [-0.3, -0.25) is 0 Å². The molecule has 1 N–H and O–H groups in total. The lowest BCUT2D eigenvalue weighted by molar-refractivity contribution is 0.132. The molecule has 0 amide bonds. The summed E-state index contributed by atoms with van der Waals surface area (Å²) in [5.41, 5.74) is 0. The van der Waals surface area contributed by atoms with Crippen molar-refractivity contribution in [1.82, 2.24) is 4.72 Å². The molecule has 56 valence electrons. The third kappa shape index (κ3) is 7.87. The van der Waals surface area contributed by atoms with Gasteiger partial charge in [-0.25, -0.2) is 8.42 Å². The van der Waals surface area contributed by atoms with E-state index in [2.05, 4.69) is 4.72 Å². The fraction of sp³-hybridized carbons (Fsp3) is 1.00. The first kappa shape index (κ1) is 8.87. The summed E-state index contributed by atoms with van der Waals surface area (Å²) in [5.74, 6) is 0. The van der Waals surface area contributed by atoms with E-state index in [1.165, 1.54) is 0 Å². The van der Waals surface area contributed by atoms with Crippen LogP contribution in [0.5, 0.6) is 0 Å². The number of nitrogens with one attached hydrogen (secondary N) is 1. The minimum Gasteiger partial charge on any atom is -0.365 e. The summed E-state index contributed by atoms with van der Waals surface area (Å²) < 4.78 is 26.5. The number of hydrogen-bond donors (Lipinski definition) is 2. The molecule has 0 heterocycles. The summed E-state index contributed by atoms with van der Waals surface area (Å²) in [7, 11) is -2.49. The minimum absolute atomic E-state index is 0.0898. The van der Waals surface area contributed by atoms with E-state index >= 15 is 0 Å². The summed E-state index contributed by atoms with van der Waals surface area (Å²) in [6.07, 6.45) is 0.900. The molecule has 0 bridgehead atoms. The molecule has 0 aromatic carbocycles. The quantitative estimate of drug-likeness (QED) is 0.317. The fourth-order valence-corrected chi connectivity index (χ4v) is 0.512. The third-order valence-electron chi connectivity index (χ3n) is 0.644. The molecule has 0 fully saturated rings. The van der Waals surface area contributed by atoms with Crippen molar-refractivity contribution in [2.24, 2.45) is 0 Å². The largest absolute Gasteiger partial charge is 0.365 e. The van der Waals surface area contributed by atoms with Crippen LogP contribution in [0.1, 0.15) is 13.3 Å². The Morgan fingerprint density at radius 1 is 1.56 bits per heavy atom. The lowest BCUT2D eigenvalue weighted by atomic mass is 10.5. The van der Waals surface area contributed by atoms with Crippen molar-refractivity contribution < 1.29 is 13.2 Å². The zero-order valence-electron chi connectivity index (χ0n) is 5.29. The molecule has 9 heavy (non-hydrogen) atoms. The zero-order valence-corrected chi connectivity index (χ0v) is 6.19. The molecule has 0 saturated carbocycles. The highest BCUT2D eigenvalue weighted by Crippen LogP contribution is 1.75. The van der Waals surface area contributed by atoms with E-state index in [1.54, 1.807) is 0 Å². The highest BCUT2D eigenvalue weighted by molar-refractivity contribution is 7.70. The zero-order chi connectivity index (χ0) is 7.11. The number of ether oxygens (including phenoxy) is 1. The van der Waals surface area contributed by atoms with Gasteiger partial charge in [0, 0.05) is 6.61 Å². The van der Waals surface area contributed by atoms with Gasteiger partial charge in [-0.2, -0.15) is 4.72 Å². The Hall–Kier alpha value is -0.130. The molecule has 0 spiro atoms. The van der Waals surface area contributed by atoms with Crippen LogP contribution in [0.3, 0.4) is 0 Å². The smallest absolute Gasteiger partial charge is 0.203 e. The Bertz CT molecular complexity index is 115. The van der Waals surface area contributed by atoms with Crippen LogP contribution in [0.2, 0.25) is 0 Å². The molecule has 0 aliphatic rings. The number of thiol groups is 1. The molecule has 0 aliphatic carbocycles. The average molecular weight is 153 g/mol. The van der Waals surface area contributed by atoms with Gasteiger partial charge < -0.3 is 4.74 Å². The van der Waals surface area contributed by atoms with Crippen molar-refractivity contribution in [2.75, 3.05) is 13.3 Å². The monoisotopic (exact) mass is 153 g/mol. The van der Waals surface area contributed by atoms with Crippen molar-refractivity contribution in [2.45, 2.75) is 13.3 Å². The van der Waals surface area contributed by atoms with Crippen LogP contribution in [-0.2, 0) is 15.6 Å². The summed E-state index contributed by atoms with van der Waals surface area (Å²) in [4.78, 5) is 0. The second-order valence-corrected chi connectivity index (χ2v) is 2.30. The minimum atomic E-state index is -2.49. The van der Waals surface area contributed by atoms with E-state index in [4.69, 9.17) is 4.74 Å². The lowest BCUT2D eigenvalue weighted by Gasteiger charge is -1.96. The van der Waals surface area contributed by atoms with Crippen LogP contribution < -0.4 is 4.72 Å². The fourth-order valence-electron chi connectivity index (χ4n) is 0.315. The molecular weight excluding hydrogens is 142 g/mol. The summed E-state index contributed by atoms with van der Waals surface area (Å²) >= 11 is 0. The predicted octanol–water partition coefficient (Wildman–Crippen LogP) is -0.513. The van der Waals surface area contributed by atoms with Gasteiger partial charge in [0.15, 0.2) is 0 Å². The Kier molecular flexibility index (Phi) is 5.91. The molecule has 0 saturated heterocycles. The first-order chi connectivity index (χ1) is 4.27. The maximum atomic E-state index is 9.81. The predicted molar refractivity (Wildman–Crippen MR) is 34.6 cm³/mol. The highest BCUT2D eigenvalue weighted by atomic mass is 32.2. The van der Waals surface area contributed by atoms with Crippen LogP contribution in [0.25, 0.3) is 0 Å². The van der Waals surface area contributed by atoms with Crippen molar-refractivity contribution in [3.05, 3.63) is 0 Å². The Labute approximate surface area is 56.3 Å². The second kappa shape index (κ2) is 6.00. The van der Waals surface area contributed by atoms with Crippen LogP contribution in [-0.4, -0.2) is 21.8 Å². The van der Waals surface area contributed by atoms with Gasteiger partial charge in [0.25, 0.3) is 0 Å².